The summed E-state index contributed by atoms with van der Waals surface area (Å²) in [4.78, 5) is 18.1. The third kappa shape index (κ3) is 3.38. The molecule has 0 atom stereocenters. The minimum absolute atomic E-state index is 0.271. The molecule has 4 nitrogen and oxygen atoms in total. The van der Waals surface area contributed by atoms with Gasteiger partial charge in [0.05, 0.1) is 6.54 Å². The lowest BCUT2D eigenvalue weighted by Gasteiger charge is -2.31. The van der Waals surface area contributed by atoms with Gasteiger partial charge in [-0.3, -0.25) is 0 Å². The highest BCUT2D eigenvalue weighted by Crippen LogP contribution is 2.24. The van der Waals surface area contributed by atoms with Gasteiger partial charge in [0, 0.05) is 18.7 Å². The molecule has 0 saturated carbocycles. The number of carbonyl (C=O) groups excluding carboxylic acids is 1. The second-order valence-corrected chi connectivity index (χ2v) is 6.23. The molecule has 0 saturated heterocycles. The topological polar surface area (TPSA) is 42.4 Å². The minimum atomic E-state index is -0.468. The Labute approximate surface area is 118 Å². The maximum atomic E-state index is 12.1. The van der Waals surface area contributed by atoms with Crippen molar-refractivity contribution in [2.45, 2.75) is 46.3 Å². The first kappa shape index (κ1) is 14.1. The predicted octanol–water partition coefficient (Wildman–Crippen LogP) is 3.34. The van der Waals surface area contributed by atoms with Gasteiger partial charge in [-0.25, -0.2) is 9.78 Å². The monoisotopic (exact) mass is 282 g/mol. The van der Waals surface area contributed by atoms with Crippen molar-refractivity contribution in [2.24, 2.45) is 0 Å². The second kappa shape index (κ2) is 5.00. The number of nitrogens with zero attached hydrogens (tertiary/aromatic N) is 2. The molecular formula is C14H19ClN2O2. The van der Waals surface area contributed by atoms with Crippen LogP contribution in [0.3, 0.4) is 0 Å². The number of carbonyl (C=O) groups is 1. The smallest absolute Gasteiger partial charge is 0.410 e. The number of hydrogen-bond acceptors (Lipinski definition) is 3. The number of aryl methyl sites for hydroxylation is 1. The van der Waals surface area contributed by atoms with Crippen LogP contribution in [0.15, 0.2) is 6.07 Å². The molecule has 1 amide bonds. The Morgan fingerprint density at radius 2 is 2.16 bits per heavy atom. The molecule has 0 N–H and O–H groups in total. The van der Waals surface area contributed by atoms with Gasteiger partial charge in [-0.05, 0) is 44.9 Å². The number of hydrogen-bond donors (Lipinski definition) is 0. The van der Waals surface area contributed by atoms with Crippen LogP contribution in [0.1, 0.15) is 37.6 Å². The Kier molecular flexibility index (Phi) is 3.72. The highest BCUT2D eigenvalue weighted by Gasteiger charge is 2.27. The summed E-state index contributed by atoms with van der Waals surface area (Å²) in [6, 6.07) is 1.83. The van der Waals surface area contributed by atoms with Gasteiger partial charge in [0.15, 0.2) is 0 Å². The third-order valence-corrected chi connectivity index (χ3v) is 3.21. The maximum Gasteiger partial charge on any atom is 0.410 e. The van der Waals surface area contributed by atoms with Gasteiger partial charge in [0.1, 0.15) is 10.8 Å². The summed E-state index contributed by atoms with van der Waals surface area (Å²) in [6.45, 7) is 8.76. The van der Waals surface area contributed by atoms with E-state index in [1.165, 1.54) is 0 Å². The van der Waals surface area contributed by atoms with Crippen LogP contribution >= 0.6 is 11.6 Å². The van der Waals surface area contributed by atoms with Gasteiger partial charge < -0.3 is 9.64 Å². The highest BCUT2D eigenvalue weighted by molar-refractivity contribution is 6.29. The first-order chi connectivity index (χ1) is 8.76. The molecule has 104 valence electrons. The van der Waals surface area contributed by atoms with E-state index in [4.69, 9.17) is 16.3 Å². The second-order valence-electron chi connectivity index (χ2n) is 5.84. The van der Waals surface area contributed by atoms with E-state index in [0.29, 0.717) is 18.2 Å². The van der Waals surface area contributed by atoms with Crippen molar-refractivity contribution in [1.82, 2.24) is 9.88 Å². The summed E-state index contributed by atoms with van der Waals surface area (Å²) in [7, 11) is 0. The summed E-state index contributed by atoms with van der Waals surface area (Å²) in [6.07, 6.45) is 0.447. The molecule has 19 heavy (non-hydrogen) atoms. The Hall–Kier alpha value is -1.29. The standard InChI is InChI=1S/C14H19ClN2O2/c1-9-7-12(15)16-11-5-6-17(8-10(9)11)13(18)19-14(2,3)4/h7H,5-6,8H2,1-4H3. The minimum Gasteiger partial charge on any atom is -0.444 e. The molecule has 2 heterocycles. The quantitative estimate of drug-likeness (QED) is 0.686. The molecule has 0 aromatic carbocycles. The van der Waals surface area contributed by atoms with Crippen LogP contribution in [0.5, 0.6) is 0 Å². The summed E-state index contributed by atoms with van der Waals surface area (Å²) in [5.74, 6) is 0. The average molecular weight is 283 g/mol. The van der Waals surface area contributed by atoms with Gasteiger partial charge >= 0.3 is 6.09 Å². The van der Waals surface area contributed by atoms with E-state index in [9.17, 15) is 4.79 Å². The Morgan fingerprint density at radius 1 is 1.47 bits per heavy atom. The number of amides is 1. The molecule has 1 aliphatic rings. The lowest BCUT2D eigenvalue weighted by atomic mass is 10.0. The van der Waals surface area contributed by atoms with Crippen LogP contribution in [0.2, 0.25) is 5.15 Å². The SMILES string of the molecule is Cc1cc(Cl)nc2c1CN(C(=O)OC(C)(C)C)CC2. The molecule has 0 aliphatic carbocycles. The van der Waals surface area contributed by atoms with E-state index in [1.54, 1.807) is 4.90 Å². The molecule has 0 fully saturated rings. The number of ether oxygens (including phenoxy) is 1. The Bertz CT molecular complexity index is 509. The van der Waals surface area contributed by atoms with E-state index < -0.39 is 5.60 Å². The first-order valence-corrected chi connectivity index (χ1v) is 6.77. The average Bonchev–Trinajstić information content (AvgIpc) is 2.25. The predicted molar refractivity (Wildman–Crippen MR) is 74.3 cm³/mol. The molecule has 2 rings (SSSR count). The van der Waals surface area contributed by atoms with Crippen molar-refractivity contribution in [3.8, 4) is 0 Å². The summed E-state index contributed by atoms with van der Waals surface area (Å²) >= 11 is 5.95. The highest BCUT2D eigenvalue weighted by atomic mass is 35.5. The molecule has 0 spiro atoms. The van der Waals surface area contributed by atoms with E-state index >= 15 is 0 Å². The van der Waals surface area contributed by atoms with Crippen molar-refractivity contribution in [3.63, 3.8) is 0 Å². The third-order valence-electron chi connectivity index (χ3n) is 3.02. The fourth-order valence-corrected chi connectivity index (χ4v) is 2.40. The maximum absolute atomic E-state index is 12.1. The van der Waals surface area contributed by atoms with Gasteiger partial charge in [-0.15, -0.1) is 0 Å². The van der Waals surface area contributed by atoms with Gasteiger partial charge in [-0.2, -0.15) is 0 Å². The lowest BCUT2D eigenvalue weighted by Crippen LogP contribution is -2.40. The van der Waals surface area contributed by atoms with Crippen molar-refractivity contribution < 1.29 is 9.53 Å². The number of fused-ring (bicyclic) bond motifs is 1. The molecule has 0 bridgehead atoms. The van der Waals surface area contributed by atoms with Crippen LogP contribution in [-0.4, -0.2) is 28.1 Å². The van der Waals surface area contributed by atoms with Gasteiger partial charge in [0.25, 0.3) is 0 Å². The fraction of sp³-hybridized carbons (Fsp3) is 0.571. The molecule has 0 radical (unpaired) electrons. The van der Waals surface area contributed by atoms with Crippen LogP contribution in [0.25, 0.3) is 0 Å². The number of aromatic nitrogens is 1. The first-order valence-electron chi connectivity index (χ1n) is 6.39. The molecule has 1 aromatic heterocycles. The van der Waals surface area contributed by atoms with Crippen molar-refractivity contribution in [3.05, 3.63) is 28.0 Å². The lowest BCUT2D eigenvalue weighted by molar-refractivity contribution is 0.0222. The summed E-state index contributed by atoms with van der Waals surface area (Å²) in [5.41, 5.74) is 2.68. The zero-order valence-electron chi connectivity index (χ0n) is 11.8. The fourth-order valence-electron chi connectivity index (χ4n) is 2.14. The van der Waals surface area contributed by atoms with E-state index in [2.05, 4.69) is 4.98 Å². The molecular weight excluding hydrogens is 264 g/mol. The van der Waals surface area contributed by atoms with E-state index in [0.717, 1.165) is 23.2 Å². The van der Waals surface area contributed by atoms with Crippen molar-refractivity contribution >= 4 is 17.7 Å². The summed E-state index contributed by atoms with van der Waals surface area (Å²) < 4.78 is 5.40. The van der Waals surface area contributed by atoms with Gasteiger partial charge in [-0.1, -0.05) is 11.6 Å². The largest absolute Gasteiger partial charge is 0.444 e. The van der Waals surface area contributed by atoms with Crippen LogP contribution in [0.4, 0.5) is 4.79 Å². The number of pyridine rings is 1. The molecule has 5 heteroatoms. The van der Waals surface area contributed by atoms with Gasteiger partial charge in [0.2, 0.25) is 0 Å². The summed E-state index contributed by atoms with van der Waals surface area (Å²) in [5, 5.41) is 0.516. The Morgan fingerprint density at radius 3 is 2.79 bits per heavy atom. The van der Waals surface area contributed by atoms with Crippen molar-refractivity contribution in [1.29, 1.82) is 0 Å². The zero-order valence-corrected chi connectivity index (χ0v) is 12.5. The van der Waals surface area contributed by atoms with Crippen LogP contribution < -0.4 is 0 Å². The molecule has 1 aromatic rings. The zero-order chi connectivity index (χ0) is 14.2. The van der Waals surface area contributed by atoms with Crippen molar-refractivity contribution in [2.75, 3.05) is 6.54 Å². The van der Waals surface area contributed by atoms with Crippen LogP contribution in [0, 0.1) is 6.92 Å². The van der Waals surface area contributed by atoms with E-state index in [1.807, 2.05) is 33.8 Å². The number of halogens is 1. The normalized spacial score (nSPS) is 15.1. The van der Waals surface area contributed by atoms with E-state index in [-0.39, 0.29) is 6.09 Å². The molecule has 0 unspecified atom stereocenters. The molecule has 1 aliphatic heterocycles. The Balaban J connectivity index is 2.16. The van der Waals surface area contributed by atoms with Crippen LogP contribution in [-0.2, 0) is 17.7 Å². The number of rotatable bonds is 0.